The van der Waals surface area contributed by atoms with Gasteiger partial charge in [0.2, 0.25) is 5.91 Å². The van der Waals surface area contributed by atoms with Gasteiger partial charge in [0.25, 0.3) is 0 Å². The molecule has 1 aliphatic carbocycles. The quantitative estimate of drug-likeness (QED) is 0.892. The summed E-state index contributed by atoms with van der Waals surface area (Å²) in [4.78, 5) is 12.0. The first-order chi connectivity index (χ1) is 8.58. The number of methoxy groups -OCH3 is 1. The molecule has 3 heteroatoms. The van der Waals surface area contributed by atoms with Crippen LogP contribution in [0.4, 0.5) is 0 Å². The molecule has 3 nitrogen and oxygen atoms in total. The molecule has 1 aromatic rings. The Bertz CT molecular complexity index is 434. The van der Waals surface area contributed by atoms with Gasteiger partial charge >= 0.3 is 0 Å². The highest BCUT2D eigenvalue weighted by Crippen LogP contribution is 2.42. The molecule has 0 radical (unpaired) electrons. The molecule has 2 N–H and O–H groups in total. The zero-order chi connectivity index (χ0) is 13.2. The van der Waals surface area contributed by atoms with Crippen LogP contribution in [0.3, 0.4) is 0 Å². The predicted octanol–water partition coefficient (Wildman–Crippen LogP) is 2.63. The minimum absolute atomic E-state index is 0.206. The van der Waals surface area contributed by atoms with Crippen LogP contribution in [0, 0.1) is 5.92 Å². The summed E-state index contributed by atoms with van der Waals surface area (Å²) in [6, 6.07) is 7.75. The van der Waals surface area contributed by atoms with Crippen molar-refractivity contribution < 1.29 is 9.53 Å². The van der Waals surface area contributed by atoms with Crippen LogP contribution >= 0.6 is 0 Å². The molecule has 1 aliphatic rings. The largest absolute Gasteiger partial charge is 0.497 e. The lowest BCUT2D eigenvalue weighted by molar-refractivity contribution is -0.125. The topological polar surface area (TPSA) is 52.3 Å². The van der Waals surface area contributed by atoms with Gasteiger partial charge in [-0.3, -0.25) is 4.79 Å². The number of carbonyl (C=O) groups is 1. The molecule has 0 unspecified atom stereocenters. The van der Waals surface area contributed by atoms with E-state index in [1.165, 1.54) is 0 Å². The molecule has 1 aromatic carbocycles. The molecule has 0 aliphatic heterocycles. The number of ether oxygens (including phenoxy) is 1. The summed E-state index contributed by atoms with van der Waals surface area (Å²) >= 11 is 0. The van der Waals surface area contributed by atoms with Crippen LogP contribution in [0.5, 0.6) is 5.75 Å². The number of nitrogens with two attached hydrogens (primary N) is 1. The van der Waals surface area contributed by atoms with Crippen LogP contribution in [0.2, 0.25) is 0 Å². The van der Waals surface area contributed by atoms with Crippen LogP contribution in [0.1, 0.15) is 38.2 Å². The van der Waals surface area contributed by atoms with Crippen molar-refractivity contribution in [1.82, 2.24) is 0 Å². The summed E-state index contributed by atoms with van der Waals surface area (Å²) in [5.41, 5.74) is 6.19. The molecule has 0 aromatic heterocycles. The van der Waals surface area contributed by atoms with Crippen molar-refractivity contribution in [1.29, 1.82) is 0 Å². The van der Waals surface area contributed by atoms with Gasteiger partial charge in [0.15, 0.2) is 0 Å². The molecular formula is C15H21NO2. The molecule has 0 atom stereocenters. The van der Waals surface area contributed by atoms with Gasteiger partial charge < -0.3 is 10.5 Å². The minimum atomic E-state index is -0.499. The van der Waals surface area contributed by atoms with Gasteiger partial charge in [-0.15, -0.1) is 0 Å². The zero-order valence-electron chi connectivity index (χ0n) is 11.1. The number of hydrogen-bond donors (Lipinski definition) is 1. The maximum absolute atomic E-state index is 12.0. The minimum Gasteiger partial charge on any atom is -0.497 e. The van der Waals surface area contributed by atoms with Crippen LogP contribution in [-0.4, -0.2) is 13.0 Å². The predicted molar refractivity (Wildman–Crippen MR) is 71.5 cm³/mol. The van der Waals surface area contributed by atoms with E-state index in [1.807, 2.05) is 24.3 Å². The van der Waals surface area contributed by atoms with E-state index in [-0.39, 0.29) is 5.91 Å². The molecule has 0 heterocycles. The fourth-order valence-electron chi connectivity index (χ4n) is 2.85. The molecule has 0 bridgehead atoms. The Hall–Kier alpha value is -1.51. The Labute approximate surface area is 108 Å². The number of hydrogen-bond acceptors (Lipinski definition) is 2. The average molecular weight is 247 g/mol. The molecule has 2 rings (SSSR count). The van der Waals surface area contributed by atoms with Gasteiger partial charge in [-0.1, -0.05) is 19.1 Å². The lowest BCUT2D eigenvalue weighted by Crippen LogP contribution is -2.43. The molecule has 1 saturated carbocycles. The summed E-state index contributed by atoms with van der Waals surface area (Å²) in [6.07, 6.45) is 3.80. The molecule has 0 spiro atoms. The van der Waals surface area contributed by atoms with Crippen molar-refractivity contribution in [3.63, 3.8) is 0 Å². The summed E-state index contributed by atoms with van der Waals surface area (Å²) in [7, 11) is 1.64. The summed E-state index contributed by atoms with van der Waals surface area (Å²) in [5.74, 6) is 1.26. The highest BCUT2D eigenvalue weighted by atomic mass is 16.5. The first-order valence-electron chi connectivity index (χ1n) is 6.53. The highest BCUT2D eigenvalue weighted by Gasteiger charge is 2.41. The Morgan fingerprint density at radius 2 is 2.06 bits per heavy atom. The van der Waals surface area contributed by atoms with Gasteiger partial charge in [0.05, 0.1) is 12.5 Å². The smallest absolute Gasteiger partial charge is 0.228 e. The number of rotatable bonds is 3. The Kier molecular flexibility index (Phi) is 3.60. The van der Waals surface area contributed by atoms with E-state index in [4.69, 9.17) is 10.5 Å². The van der Waals surface area contributed by atoms with Crippen molar-refractivity contribution in [3.05, 3.63) is 29.8 Å². The Morgan fingerprint density at radius 3 is 2.61 bits per heavy atom. The number of amides is 1. The Morgan fingerprint density at radius 1 is 1.39 bits per heavy atom. The van der Waals surface area contributed by atoms with Gasteiger partial charge in [0, 0.05) is 0 Å². The normalized spacial score (nSPS) is 27.8. The second-order valence-corrected chi connectivity index (χ2v) is 5.36. The van der Waals surface area contributed by atoms with E-state index in [0.717, 1.165) is 37.0 Å². The van der Waals surface area contributed by atoms with E-state index in [1.54, 1.807) is 7.11 Å². The number of benzene rings is 1. The van der Waals surface area contributed by atoms with Gasteiger partial charge in [-0.2, -0.15) is 0 Å². The van der Waals surface area contributed by atoms with Gasteiger partial charge in [-0.25, -0.2) is 0 Å². The lowest BCUT2D eigenvalue weighted by Gasteiger charge is -2.37. The van der Waals surface area contributed by atoms with Crippen LogP contribution < -0.4 is 10.5 Å². The van der Waals surface area contributed by atoms with Crippen molar-refractivity contribution in [3.8, 4) is 5.75 Å². The second-order valence-electron chi connectivity index (χ2n) is 5.36. The third-order valence-corrected chi connectivity index (χ3v) is 4.22. The van der Waals surface area contributed by atoms with E-state index in [2.05, 4.69) is 6.92 Å². The lowest BCUT2D eigenvalue weighted by atomic mass is 9.66. The van der Waals surface area contributed by atoms with Crippen molar-refractivity contribution in [2.45, 2.75) is 38.0 Å². The van der Waals surface area contributed by atoms with Crippen molar-refractivity contribution in [2.24, 2.45) is 11.7 Å². The highest BCUT2D eigenvalue weighted by molar-refractivity contribution is 5.87. The summed E-state index contributed by atoms with van der Waals surface area (Å²) < 4.78 is 5.24. The van der Waals surface area contributed by atoms with Crippen LogP contribution in [-0.2, 0) is 10.2 Å². The molecule has 0 saturated heterocycles. The Balaban J connectivity index is 2.38. The summed E-state index contributed by atoms with van der Waals surface area (Å²) in [6.45, 7) is 2.23. The molecule has 1 amide bonds. The fourth-order valence-corrected chi connectivity index (χ4v) is 2.85. The molecule has 98 valence electrons. The van der Waals surface area contributed by atoms with Gasteiger partial charge in [-0.05, 0) is 49.3 Å². The number of carbonyl (C=O) groups excluding carboxylic acids is 1. The standard InChI is InChI=1S/C15H21NO2/c1-11-6-8-15(9-7-11,14(16)17)12-4-3-5-13(10-12)18-2/h3-5,10-11H,6-9H2,1-2H3,(H2,16,17). The first kappa shape index (κ1) is 12.9. The second kappa shape index (κ2) is 5.01. The van der Waals surface area contributed by atoms with E-state index < -0.39 is 5.41 Å². The molecule has 1 fully saturated rings. The third kappa shape index (κ3) is 2.22. The van der Waals surface area contributed by atoms with Crippen molar-refractivity contribution in [2.75, 3.05) is 7.11 Å². The van der Waals surface area contributed by atoms with Crippen molar-refractivity contribution >= 4 is 5.91 Å². The monoisotopic (exact) mass is 247 g/mol. The fraction of sp³-hybridized carbons (Fsp3) is 0.533. The molecular weight excluding hydrogens is 226 g/mol. The maximum Gasteiger partial charge on any atom is 0.228 e. The van der Waals surface area contributed by atoms with Gasteiger partial charge in [0.1, 0.15) is 5.75 Å². The third-order valence-electron chi connectivity index (χ3n) is 4.22. The zero-order valence-corrected chi connectivity index (χ0v) is 11.1. The molecule has 18 heavy (non-hydrogen) atoms. The van der Waals surface area contributed by atoms with Crippen LogP contribution in [0.15, 0.2) is 24.3 Å². The maximum atomic E-state index is 12.0. The SMILES string of the molecule is COc1cccc(C2(C(N)=O)CCC(C)CC2)c1. The van der Waals surface area contributed by atoms with E-state index in [0.29, 0.717) is 5.92 Å². The van der Waals surface area contributed by atoms with E-state index >= 15 is 0 Å². The van der Waals surface area contributed by atoms with E-state index in [9.17, 15) is 4.79 Å². The summed E-state index contributed by atoms with van der Waals surface area (Å²) in [5, 5.41) is 0. The first-order valence-corrected chi connectivity index (χ1v) is 6.53. The van der Waals surface area contributed by atoms with Crippen LogP contribution in [0.25, 0.3) is 0 Å². The number of primary amides is 1. The average Bonchev–Trinajstić information content (AvgIpc) is 2.39.